The van der Waals surface area contributed by atoms with E-state index >= 15 is 0 Å². The summed E-state index contributed by atoms with van der Waals surface area (Å²) in [5, 5.41) is 12.1. The van der Waals surface area contributed by atoms with E-state index in [4.69, 9.17) is 0 Å². The number of rotatable bonds is 3. The zero-order chi connectivity index (χ0) is 14.9. The molecule has 1 aromatic carbocycles. The van der Waals surface area contributed by atoms with E-state index in [0.29, 0.717) is 6.42 Å². The molecule has 1 aromatic heterocycles. The molecule has 1 heterocycles. The van der Waals surface area contributed by atoms with Crippen LogP contribution < -0.4 is 0 Å². The Labute approximate surface area is 128 Å². The van der Waals surface area contributed by atoms with Gasteiger partial charge in [0.2, 0.25) is 9.84 Å². The molecule has 21 heavy (non-hydrogen) atoms. The number of sulfone groups is 1. The lowest BCUT2D eigenvalue weighted by molar-refractivity contribution is 0.196. The Morgan fingerprint density at radius 3 is 2.48 bits per heavy atom. The molecule has 0 spiro atoms. The van der Waals surface area contributed by atoms with Crippen LogP contribution in [-0.4, -0.2) is 19.6 Å². The van der Waals surface area contributed by atoms with Gasteiger partial charge in [-0.05, 0) is 36.4 Å². The van der Waals surface area contributed by atoms with Crippen molar-refractivity contribution in [3.8, 4) is 0 Å². The number of thiophene rings is 1. The van der Waals surface area contributed by atoms with Crippen LogP contribution >= 0.6 is 11.3 Å². The number of aliphatic hydroxyl groups excluding tert-OH is 1. The fourth-order valence-corrected chi connectivity index (χ4v) is 5.04. The standard InChI is InChI=1S/C16H16O3S2/c17-14-9-8-12(15-7-4-10-20-15)11-16(14)21(18,19)13-5-2-1-3-6-13/h1-7,10-12,14,17H,8-9H2/t12-,14-/m1/s1. The first-order chi connectivity index (χ1) is 10.1. The Hall–Kier alpha value is -1.43. The van der Waals surface area contributed by atoms with Crippen molar-refractivity contribution in [3.05, 3.63) is 63.7 Å². The van der Waals surface area contributed by atoms with Gasteiger partial charge in [0, 0.05) is 10.8 Å². The molecule has 0 bridgehead atoms. The molecule has 3 rings (SSSR count). The molecular weight excluding hydrogens is 304 g/mol. The van der Waals surface area contributed by atoms with Crippen LogP contribution in [0.3, 0.4) is 0 Å². The quantitative estimate of drug-likeness (QED) is 0.943. The summed E-state index contributed by atoms with van der Waals surface area (Å²) in [7, 11) is -3.62. The second-order valence-electron chi connectivity index (χ2n) is 5.10. The normalized spacial score (nSPS) is 22.8. The highest BCUT2D eigenvalue weighted by molar-refractivity contribution is 7.95. The maximum absolute atomic E-state index is 12.7. The number of hydrogen-bond donors (Lipinski definition) is 1. The molecule has 2 aromatic rings. The molecular formula is C16H16O3S2. The molecule has 5 heteroatoms. The van der Waals surface area contributed by atoms with E-state index < -0.39 is 15.9 Å². The summed E-state index contributed by atoms with van der Waals surface area (Å²) in [5.74, 6) is 0.0712. The maximum atomic E-state index is 12.7. The van der Waals surface area contributed by atoms with Gasteiger partial charge in [0.15, 0.2) is 0 Å². The van der Waals surface area contributed by atoms with E-state index in [-0.39, 0.29) is 15.7 Å². The molecule has 0 fully saturated rings. The highest BCUT2D eigenvalue weighted by Gasteiger charge is 2.32. The third-order valence-corrected chi connectivity index (χ3v) is 6.64. The van der Waals surface area contributed by atoms with Crippen LogP contribution in [0.25, 0.3) is 0 Å². The van der Waals surface area contributed by atoms with Gasteiger partial charge in [-0.3, -0.25) is 0 Å². The average Bonchev–Trinajstić information content (AvgIpc) is 3.03. The van der Waals surface area contributed by atoms with E-state index in [1.807, 2.05) is 17.5 Å². The Kier molecular flexibility index (Phi) is 3.97. The molecule has 3 nitrogen and oxygen atoms in total. The van der Waals surface area contributed by atoms with Gasteiger partial charge in [-0.2, -0.15) is 0 Å². The molecule has 1 N–H and O–H groups in total. The number of allylic oxidation sites excluding steroid dienone is 1. The van der Waals surface area contributed by atoms with E-state index in [0.717, 1.165) is 11.3 Å². The van der Waals surface area contributed by atoms with Gasteiger partial charge in [0.1, 0.15) is 0 Å². The highest BCUT2D eigenvalue weighted by atomic mass is 32.2. The van der Waals surface area contributed by atoms with E-state index in [9.17, 15) is 13.5 Å². The minimum atomic E-state index is -3.62. The fraction of sp³-hybridized carbons (Fsp3) is 0.250. The average molecular weight is 320 g/mol. The summed E-state index contributed by atoms with van der Waals surface area (Å²) < 4.78 is 25.4. The van der Waals surface area contributed by atoms with Crippen LogP contribution in [0.2, 0.25) is 0 Å². The molecule has 0 radical (unpaired) electrons. The van der Waals surface area contributed by atoms with Crippen molar-refractivity contribution in [3.63, 3.8) is 0 Å². The summed E-state index contributed by atoms with van der Waals surface area (Å²) in [4.78, 5) is 1.52. The van der Waals surface area contributed by atoms with Gasteiger partial charge in [0.25, 0.3) is 0 Å². The largest absolute Gasteiger partial charge is 0.388 e. The lowest BCUT2D eigenvalue weighted by Gasteiger charge is -2.24. The number of benzene rings is 1. The predicted molar refractivity (Wildman–Crippen MR) is 84.0 cm³/mol. The third-order valence-electron chi connectivity index (χ3n) is 3.72. The molecule has 0 unspecified atom stereocenters. The van der Waals surface area contributed by atoms with Gasteiger partial charge >= 0.3 is 0 Å². The van der Waals surface area contributed by atoms with Crippen LogP contribution in [0.1, 0.15) is 23.6 Å². The Morgan fingerprint density at radius 1 is 1.05 bits per heavy atom. The zero-order valence-corrected chi connectivity index (χ0v) is 13.0. The SMILES string of the molecule is O=S(=O)(C1=C[C@H](c2cccs2)CC[C@H]1O)c1ccccc1. The van der Waals surface area contributed by atoms with Gasteiger partial charge in [0.05, 0.1) is 15.9 Å². The van der Waals surface area contributed by atoms with E-state index in [1.165, 1.54) is 0 Å². The summed E-state index contributed by atoms with van der Waals surface area (Å²) in [6.07, 6.45) is 2.06. The van der Waals surface area contributed by atoms with Crippen molar-refractivity contribution in [2.45, 2.75) is 29.8 Å². The van der Waals surface area contributed by atoms with E-state index in [1.54, 1.807) is 47.7 Å². The van der Waals surface area contributed by atoms with E-state index in [2.05, 4.69) is 0 Å². The molecule has 0 saturated carbocycles. The first-order valence-corrected chi connectivity index (χ1v) is 9.18. The van der Waals surface area contributed by atoms with Crippen LogP contribution in [0.5, 0.6) is 0 Å². The summed E-state index contributed by atoms with van der Waals surface area (Å²) >= 11 is 1.62. The first-order valence-electron chi connectivity index (χ1n) is 6.82. The minimum absolute atomic E-state index is 0.0712. The van der Waals surface area contributed by atoms with Gasteiger partial charge < -0.3 is 5.11 Å². The van der Waals surface area contributed by atoms with Gasteiger partial charge in [-0.25, -0.2) is 8.42 Å². The second kappa shape index (κ2) is 5.75. The Morgan fingerprint density at radius 2 is 1.81 bits per heavy atom. The Balaban J connectivity index is 2.03. The van der Waals surface area contributed by atoms with Crippen molar-refractivity contribution >= 4 is 21.2 Å². The lowest BCUT2D eigenvalue weighted by atomic mass is 9.93. The minimum Gasteiger partial charge on any atom is -0.388 e. The molecule has 110 valence electrons. The molecule has 0 aliphatic heterocycles. The van der Waals surface area contributed by atoms with Gasteiger partial charge in [-0.15, -0.1) is 11.3 Å². The Bertz CT molecular complexity index is 731. The van der Waals surface area contributed by atoms with Crippen LogP contribution in [-0.2, 0) is 9.84 Å². The van der Waals surface area contributed by atoms with Crippen molar-refractivity contribution in [1.82, 2.24) is 0 Å². The van der Waals surface area contributed by atoms with Crippen LogP contribution in [0, 0.1) is 0 Å². The monoisotopic (exact) mass is 320 g/mol. The highest BCUT2D eigenvalue weighted by Crippen LogP contribution is 2.37. The summed E-state index contributed by atoms with van der Waals surface area (Å²) in [6, 6.07) is 12.3. The molecule has 2 atom stereocenters. The molecule has 1 aliphatic rings. The summed E-state index contributed by atoms with van der Waals surface area (Å²) in [6.45, 7) is 0. The predicted octanol–water partition coefficient (Wildman–Crippen LogP) is 3.34. The van der Waals surface area contributed by atoms with Crippen LogP contribution in [0.15, 0.2) is 63.7 Å². The molecule has 0 amide bonds. The molecule has 1 aliphatic carbocycles. The van der Waals surface area contributed by atoms with Gasteiger partial charge in [-0.1, -0.05) is 30.3 Å². The van der Waals surface area contributed by atoms with Crippen molar-refractivity contribution in [2.75, 3.05) is 0 Å². The zero-order valence-electron chi connectivity index (χ0n) is 11.3. The first kappa shape index (κ1) is 14.5. The van der Waals surface area contributed by atoms with Crippen LogP contribution in [0.4, 0.5) is 0 Å². The topological polar surface area (TPSA) is 54.4 Å². The molecule has 0 saturated heterocycles. The summed E-state index contributed by atoms with van der Waals surface area (Å²) in [5.41, 5.74) is 0. The van der Waals surface area contributed by atoms with Crippen molar-refractivity contribution in [1.29, 1.82) is 0 Å². The number of hydrogen-bond acceptors (Lipinski definition) is 4. The number of aliphatic hydroxyl groups is 1. The third kappa shape index (κ3) is 2.81. The smallest absolute Gasteiger partial charge is 0.205 e. The lowest BCUT2D eigenvalue weighted by Crippen LogP contribution is -2.23. The second-order valence-corrected chi connectivity index (χ2v) is 8.03. The van der Waals surface area contributed by atoms with Crippen molar-refractivity contribution < 1.29 is 13.5 Å². The fourth-order valence-electron chi connectivity index (χ4n) is 2.60. The van der Waals surface area contributed by atoms with Crippen molar-refractivity contribution in [2.24, 2.45) is 0 Å². The maximum Gasteiger partial charge on any atom is 0.205 e.